The number of fused-ring (bicyclic) bond motifs is 1. The molecule has 0 saturated heterocycles. The highest BCUT2D eigenvalue weighted by Gasteiger charge is 2.07. The number of nitrogens with zero attached hydrogens (tertiary/aromatic N) is 2. The van der Waals surface area contributed by atoms with E-state index in [9.17, 15) is 0 Å². The van der Waals surface area contributed by atoms with Gasteiger partial charge in [0.05, 0.1) is 21.5 Å². The Morgan fingerprint density at radius 3 is 2.90 bits per heavy atom. The van der Waals surface area contributed by atoms with Crippen LogP contribution in [-0.4, -0.2) is 4.98 Å². The van der Waals surface area contributed by atoms with Gasteiger partial charge in [0.25, 0.3) is 0 Å². The number of hydrogen-bond acceptors (Lipinski definition) is 4. The lowest BCUT2D eigenvalue weighted by Crippen LogP contribution is -1.92. The summed E-state index contributed by atoms with van der Waals surface area (Å²) in [5.74, 6) is 0. The molecular weight excluding hydrogens is 334 g/mol. The van der Waals surface area contributed by atoms with Crippen molar-refractivity contribution in [2.24, 2.45) is 0 Å². The number of nitrogens with one attached hydrogen (secondary N) is 1. The Balaban J connectivity index is 2.01. The van der Waals surface area contributed by atoms with E-state index in [0.717, 1.165) is 25.5 Å². The van der Waals surface area contributed by atoms with Crippen LogP contribution in [-0.2, 0) is 0 Å². The fraction of sp³-hybridized carbons (Fsp3) is 0.0667. The van der Waals surface area contributed by atoms with Crippen molar-refractivity contribution in [2.45, 2.75) is 6.92 Å². The van der Waals surface area contributed by atoms with E-state index < -0.39 is 0 Å². The molecule has 0 bridgehead atoms. The van der Waals surface area contributed by atoms with Gasteiger partial charge in [-0.25, -0.2) is 4.98 Å². The van der Waals surface area contributed by atoms with Crippen LogP contribution in [0.2, 0.25) is 0 Å². The first-order chi connectivity index (χ1) is 9.65. The lowest BCUT2D eigenvalue weighted by atomic mass is 10.2. The predicted octanol–water partition coefficient (Wildman–Crippen LogP) is 4.98. The maximum Gasteiger partial charge on any atom is 0.188 e. The van der Waals surface area contributed by atoms with E-state index in [-0.39, 0.29) is 0 Å². The highest BCUT2D eigenvalue weighted by molar-refractivity contribution is 9.10. The van der Waals surface area contributed by atoms with Crippen LogP contribution in [0.1, 0.15) is 11.1 Å². The van der Waals surface area contributed by atoms with Crippen LogP contribution < -0.4 is 5.32 Å². The summed E-state index contributed by atoms with van der Waals surface area (Å²) in [5, 5.41) is 13.2. The normalized spacial score (nSPS) is 10.4. The second kappa shape index (κ2) is 5.23. The lowest BCUT2D eigenvalue weighted by molar-refractivity contribution is 1.41. The Kier molecular flexibility index (Phi) is 3.43. The summed E-state index contributed by atoms with van der Waals surface area (Å²) in [4.78, 5) is 4.54. The Hall–Kier alpha value is -1.90. The maximum atomic E-state index is 9.14. The van der Waals surface area contributed by atoms with Gasteiger partial charge in [-0.2, -0.15) is 5.26 Å². The number of rotatable bonds is 2. The zero-order chi connectivity index (χ0) is 14.1. The number of hydrogen-bond donors (Lipinski definition) is 1. The minimum atomic E-state index is 0.601. The Morgan fingerprint density at radius 1 is 1.25 bits per heavy atom. The van der Waals surface area contributed by atoms with Gasteiger partial charge in [0.1, 0.15) is 6.07 Å². The quantitative estimate of drug-likeness (QED) is 0.713. The third kappa shape index (κ3) is 2.53. The molecule has 5 heteroatoms. The van der Waals surface area contributed by atoms with Crippen molar-refractivity contribution in [2.75, 3.05) is 5.32 Å². The van der Waals surface area contributed by atoms with Crippen LogP contribution in [0.25, 0.3) is 10.2 Å². The van der Waals surface area contributed by atoms with Gasteiger partial charge >= 0.3 is 0 Å². The first-order valence-electron chi connectivity index (χ1n) is 5.99. The Labute approximate surface area is 129 Å². The number of nitriles is 1. The highest BCUT2D eigenvalue weighted by atomic mass is 79.9. The van der Waals surface area contributed by atoms with Gasteiger partial charge in [-0.3, -0.25) is 0 Å². The lowest BCUT2D eigenvalue weighted by Gasteiger charge is -2.05. The molecule has 0 aliphatic carbocycles. The monoisotopic (exact) mass is 343 g/mol. The standard InChI is InChI=1S/C15H10BrN3S/c1-9-2-5-12-14(6-9)20-15(18-12)19-13-7-11(16)4-3-10(13)8-17/h2-7H,1H3,(H,18,19). The number of anilines is 2. The smallest absolute Gasteiger partial charge is 0.188 e. The molecule has 1 heterocycles. The van der Waals surface area contributed by atoms with Crippen molar-refractivity contribution < 1.29 is 0 Å². The van der Waals surface area contributed by atoms with Gasteiger partial charge in [-0.05, 0) is 42.8 Å². The minimum absolute atomic E-state index is 0.601. The van der Waals surface area contributed by atoms with Gasteiger partial charge in [-0.1, -0.05) is 33.3 Å². The predicted molar refractivity (Wildman–Crippen MR) is 86.5 cm³/mol. The summed E-state index contributed by atoms with van der Waals surface area (Å²) in [6.07, 6.45) is 0. The number of halogens is 1. The van der Waals surface area contributed by atoms with E-state index in [4.69, 9.17) is 5.26 Å². The van der Waals surface area contributed by atoms with E-state index in [2.05, 4.69) is 45.3 Å². The van der Waals surface area contributed by atoms with Crippen LogP contribution in [0.3, 0.4) is 0 Å². The van der Waals surface area contributed by atoms with Crippen LogP contribution in [0.4, 0.5) is 10.8 Å². The first-order valence-corrected chi connectivity index (χ1v) is 7.60. The zero-order valence-electron chi connectivity index (χ0n) is 10.6. The van der Waals surface area contributed by atoms with Crippen LogP contribution in [0.5, 0.6) is 0 Å². The second-order valence-corrected chi connectivity index (χ2v) is 6.36. The van der Waals surface area contributed by atoms with Crippen molar-refractivity contribution in [1.82, 2.24) is 4.98 Å². The molecule has 3 aromatic rings. The molecule has 0 fully saturated rings. The molecule has 3 nitrogen and oxygen atoms in total. The molecule has 0 spiro atoms. The third-order valence-electron chi connectivity index (χ3n) is 2.89. The van der Waals surface area contributed by atoms with Crippen LogP contribution in [0.15, 0.2) is 40.9 Å². The van der Waals surface area contributed by atoms with Crippen LogP contribution in [0, 0.1) is 18.3 Å². The van der Waals surface area contributed by atoms with E-state index >= 15 is 0 Å². The van der Waals surface area contributed by atoms with Crippen molar-refractivity contribution in [3.8, 4) is 6.07 Å². The molecule has 0 radical (unpaired) electrons. The van der Waals surface area contributed by atoms with Crippen LogP contribution >= 0.6 is 27.3 Å². The van der Waals surface area contributed by atoms with Gasteiger partial charge in [0.2, 0.25) is 0 Å². The van der Waals surface area contributed by atoms with Crippen molar-refractivity contribution >= 4 is 48.3 Å². The summed E-state index contributed by atoms with van der Waals surface area (Å²) in [6, 6.07) is 13.9. The van der Waals surface area contributed by atoms with Crippen molar-refractivity contribution in [3.05, 3.63) is 52.0 Å². The first kappa shape index (κ1) is 13.1. The minimum Gasteiger partial charge on any atom is -0.330 e. The third-order valence-corrected chi connectivity index (χ3v) is 4.31. The van der Waals surface area contributed by atoms with Crippen molar-refractivity contribution in [3.63, 3.8) is 0 Å². The molecule has 0 saturated carbocycles. The Morgan fingerprint density at radius 2 is 2.10 bits per heavy atom. The molecule has 0 amide bonds. The van der Waals surface area contributed by atoms with Gasteiger partial charge < -0.3 is 5.32 Å². The molecular formula is C15H10BrN3S. The molecule has 2 aromatic carbocycles. The molecule has 0 atom stereocenters. The summed E-state index contributed by atoms with van der Waals surface area (Å²) >= 11 is 5.00. The SMILES string of the molecule is Cc1ccc2nc(Nc3cc(Br)ccc3C#N)sc2c1. The summed E-state index contributed by atoms with van der Waals surface area (Å²) in [6.45, 7) is 2.06. The number of aromatic nitrogens is 1. The van der Waals surface area contributed by atoms with Crippen molar-refractivity contribution in [1.29, 1.82) is 5.26 Å². The molecule has 98 valence electrons. The van der Waals surface area contributed by atoms with Gasteiger partial charge in [0.15, 0.2) is 5.13 Å². The average Bonchev–Trinajstić information content (AvgIpc) is 2.80. The molecule has 0 unspecified atom stereocenters. The second-order valence-electron chi connectivity index (χ2n) is 4.42. The average molecular weight is 344 g/mol. The van der Waals surface area contributed by atoms with E-state index in [1.165, 1.54) is 5.56 Å². The largest absolute Gasteiger partial charge is 0.330 e. The summed E-state index contributed by atoms with van der Waals surface area (Å²) in [5.41, 5.74) is 3.55. The number of benzene rings is 2. The van der Waals surface area contributed by atoms with E-state index in [1.54, 1.807) is 17.4 Å². The zero-order valence-corrected chi connectivity index (χ0v) is 13.0. The molecule has 1 N–H and O–H groups in total. The van der Waals surface area contributed by atoms with Gasteiger partial charge in [-0.15, -0.1) is 0 Å². The maximum absolute atomic E-state index is 9.14. The number of thiazole rings is 1. The molecule has 20 heavy (non-hydrogen) atoms. The molecule has 1 aromatic heterocycles. The summed E-state index contributed by atoms with van der Waals surface area (Å²) in [7, 11) is 0. The molecule has 0 aliphatic heterocycles. The van der Waals surface area contributed by atoms with Gasteiger partial charge in [0, 0.05) is 4.47 Å². The van der Waals surface area contributed by atoms with E-state index in [1.807, 2.05) is 24.3 Å². The fourth-order valence-electron chi connectivity index (χ4n) is 1.92. The molecule has 3 rings (SSSR count). The highest BCUT2D eigenvalue weighted by Crippen LogP contribution is 2.31. The number of aryl methyl sites for hydroxylation is 1. The van der Waals surface area contributed by atoms with E-state index in [0.29, 0.717) is 5.56 Å². The Bertz CT molecular complexity index is 833. The summed E-state index contributed by atoms with van der Waals surface area (Å²) < 4.78 is 2.07. The fourth-order valence-corrected chi connectivity index (χ4v) is 3.26. The molecule has 0 aliphatic rings. The topological polar surface area (TPSA) is 48.7 Å².